The zero-order valence-electron chi connectivity index (χ0n) is 12.1. The van der Waals surface area contributed by atoms with E-state index in [0.29, 0.717) is 11.5 Å². The number of aryl methyl sites for hydroxylation is 1. The van der Waals surface area contributed by atoms with E-state index in [1.165, 1.54) is 5.56 Å². The van der Waals surface area contributed by atoms with Crippen molar-refractivity contribution >= 4 is 11.7 Å². The van der Waals surface area contributed by atoms with Crippen LogP contribution in [-0.2, 0) is 4.79 Å². The molecular weight excluding hydrogens is 252 g/mol. The van der Waals surface area contributed by atoms with Gasteiger partial charge in [-0.1, -0.05) is 43.7 Å². The van der Waals surface area contributed by atoms with Gasteiger partial charge in [-0.2, -0.15) is 0 Å². The molecule has 0 unspecified atom stereocenters. The summed E-state index contributed by atoms with van der Waals surface area (Å²) in [7, 11) is 0. The van der Waals surface area contributed by atoms with Crippen molar-refractivity contribution in [1.29, 1.82) is 0 Å². The van der Waals surface area contributed by atoms with Crippen LogP contribution in [0.15, 0.2) is 42.1 Å². The predicted octanol–water partition coefficient (Wildman–Crippen LogP) is 2.78. The second kappa shape index (κ2) is 5.82. The number of hydrazine groups is 1. The SMILES string of the molecule is Cc1ccc(C2=CC(C(=O)O)=CN(CC(C)C)N2)cc1. The van der Waals surface area contributed by atoms with Crippen LogP contribution in [0, 0.1) is 12.8 Å². The highest BCUT2D eigenvalue weighted by atomic mass is 16.4. The molecule has 1 aromatic rings. The van der Waals surface area contributed by atoms with Gasteiger partial charge < -0.3 is 5.11 Å². The van der Waals surface area contributed by atoms with Crippen LogP contribution in [0.5, 0.6) is 0 Å². The Morgan fingerprint density at radius 2 is 1.95 bits per heavy atom. The van der Waals surface area contributed by atoms with E-state index in [1.54, 1.807) is 12.3 Å². The third-order valence-electron chi connectivity index (χ3n) is 3.03. The van der Waals surface area contributed by atoms with Crippen molar-refractivity contribution in [2.45, 2.75) is 20.8 Å². The summed E-state index contributed by atoms with van der Waals surface area (Å²) in [6.07, 6.45) is 3.31. The fourth-order valence-corrected chi connectivity index (χ4v) is 2.07. The molecule has 4 heteroatoms. The van der Waals surface area contributed by atoms with Crippen LogP contribution in [-0.4, -0.2) is 22.6 Å². The maximum absolute atomic E-state index is 11.2. The fourth-order valence-electron chi connectivity index (χ4n) is 2.07. The van der Waals surface area contributed by atoms with Gasteiger partial charge in [-0.05, 0) is 24.5 Å². The molecular formula is C16H20N2O2. The molecule has 1 heterocycles. The number of aliphatic carboxylic acids is 1. The summed E-state index contributed by atoms with van der Waals surface area (Å²) in [5, 5.41) is 11.1. The molecule has 2 N–H and O–H groups in total. The number of nitrogens with zero attached hydrogens (tertiary/aromatic N) is 1. The molecule has 2 rings (SSSR count). The van der Waals surface area contributed by atoms with E-state index in [-0.39, 0.29) is 0 Å². The molecule has 20 heavy (non-hydrogen) atoms. The van der Waals surface area contributed by atoms with E-state index in [1.807, 2.05) is 36.2 Å². The average molecular weight is 272 g/mol. The van der Waals surface area contributed by atoms with Crippen LogP contribution in [0.25, 0.3) is 5.70 Å². The van der Waals surface area contributed by atoms with E-state index in [4.69, 9.17) is 0 Å². The minimum atomic E-state index is -0.912. The predicted molar refractivity (Wildman–Crippen MR) is 79.6 cm³/mol. The Hall–Kier alpha value is -2.23. The smallest absolute Gasteiger partial charge is 0.337 e. The summed E-state index contributed by atoms with van der Waals surface area (Å²) in [6.45, 7) is 6.97. The van der Waals surface area contributed by atoms with Gasteiger partial charge >= 0.3 is 5.97 Å². The first-order valence-electron chi connectivity index (χ1n) is 6.73. The van der Waals surface area contributed by atoms with Crippen molar-refractivity contribution in [3.63, 3.8) is 0 Å². The second-order valence-electron chi connectivity index (χ2n) is 5.47. The Kier molecular flexibility index (Phi) is 4.13. The van der Waals surface area contributed by atoms with E-state index in [9.17, 15) is 9.90 Å². The van der Waals surface area contributed by atoms with E-state index in [0.717, 1.165) is 17.8 Å². The molecule has 0 atom stereocenters. The van der Waals surface area contributed by atoms with Gasteiger partial charge in [-0.25, -0.2) is 4.79 Å². The van der Waals surface area contributed by atoms with Crippen molar-refractivity contribution in [2.75, 3.05) is 6.54 Å². The zero-order chi connectivity index (χ0) is 14.7. The fraction of sp³-hybridized carbons (Fsp3) is 0.312. The van der Waals surface area contributed by atoms with Crippen LogP contribution in [0.4, 0.5) is 0 Å². The minimum Gasteiger partial charge on any atom is -0.478 e. The van der Waals surface area contributed by atoms with Gasteiger partial charge in [0, 0.05) is 12.7 Å². The maximum Gasteiger partial charge on any atom is 0.337 e. The van der Waals surface area contributed by atoms with Crippen LogP contribution in [0.2, 0.25) is 0 Å². The monoisotopic (exact) mass is 272 g/mol. The molecule has 1 aliphatic rings. The Bertz CT molecular complexity index is 556. The first-order valence-corrected chi connectivity index (χ1v) is 6.73. The van der Waals surface area contributed by atoms with Crippen LogP contribution >= 0.6 is 0 Å². The van der Waals surface area contributed by atoms with Crippen molar-refractivity contribution in [3.8, 4) is 0 Å². The molecule has 0 aliphatic carbocycles. The molecule has 0 fully saturated rings. The Morgan fingerprint density at radius 1 is 1.30 bits per heavy atom. The summed E-state index contributed by atoms with van der Waals surface area (Å²) in [5.74, 6) is -0.476. The summed E-state index contributed by atoms with van der Waals surface area (Å²) < 4.78 is 0. The molecule has 0 saturated carbocycles. The largest absolute Gasteiger partial charge is 0.478 e. The molecule has 0 radical (unpaired) electrons. The molecule has 0 aromatic heterocycles. The molecule has 1 aromatic carbocycles. The Balaban J connectivity index is 2.30. The van der Waals surface area contributed by atoms with Crippen molar-refractivity contribution < 1.29 is 9.90 Å². The van der Waals surface area contributed by atoms with Gasteiger partial charge in [0.25, 0.3) is 0 Å². The number of carboxylic acids is 1. The molecule has 0 bridgehead atoms. The lowest BCUT2D eigenvalue weighted by Crippen LogP contribution is -2.38. The topological polar surface area (TPSA) is 52.6 Å². The second-order valence-corrected chi connectivity index (χ2v) is 5.47. The summed E-state index contributed by atoms with van der Waals surface area (Å²) >= 11 is 0. The zero-order valence-corrected chi connectivity index (χ0v) is 12.1. The standard InChI is InChI=1S/C16H20N2O2/c1-11(2)9-18-10-14(16(19)20)8-15(17-18)13-6-4-12(3)5-7-13/h4-8,10-11,17H,9H2,1-3H3,(H,19,20). The summed E-state index contributed by atoms with van der Waals surface area (Å²) in [6, 6.07) is 8.02. The number of carbonyl (C=O) groups is 1. The average Bonchev–Trinajstić information content (AvgIpc) is 2.38. The Labute approximate surface area is 119 Å². The van der Waals surface area contributed by atoms with Gasteiger partial charge in [-0.3, -0.25) is 10.4 Å². The first kappa shape index (κ1) is 14.2. The molecule has 0 amide bonds. The number of benzene rings is 1. The highest BCUT2D eigenvalue weighted by Gasteiger charge is 2.17. The number of hydrogen-bond donors (Lipinski definition) is 2. The van der Waals surface area contributed by atoms with Crippen molar-refractivity contribution in [2.24, 2.45) is 5.92 Å². The van der Waals surface area contributed by atoms with Crippen LogP contribution in [0.1, 0.15) is 25.0 Å². The highest BCUT2D eigenvalue weighted by Crippen LogP contribution is 2.20. The summed E-state index contributed by atoms with van der Waals surface area (Å²) in [4.78, 5) is 11.2. The third-order valence-corrected chi connectivity index (χ3v) is 3.03. The third kappa shape index (κ3) is 3.41. The van der Waals surface area contributed by atoms with Crippen LogP contribution in [0.3, 0.4) is 0 Å². The molecule has 4 nitrogen and oxygen atoms in total. The maximum atomic E-state index is 11.2. The van der Waals surface area contributed by atoms with Gasteiger partial charge in [-0.15, -0.1) is 0 Å². The van der Waals surface area contributed by atoms with Crippen molar-refractivity contribution in [1.82, 2.24) is 10.4 Å². The van der Waals surface area contributed by atoms with Gasteiger partial charge in [0.1, 0.15) is 0 Å². The first-order chi connectivity index (χ1) is 9.45. The van der Waals surface area contributed by atoms with Crippen LogP contribution < -0.4 is 5.43 Å². The summed E-state index contributed by atoms with van der Waals surface area (Å²) in [5.41, 5.74) is 6.52. The molecule has 0 spiro atoms. The molecule has 1 aliphatic heterocycles. The van der Waals surface area contributed by atoms with Gasteiger partial charge in [0.2, 0.25) is 0 Å². The lowest BCUT2D eigenvalue weighted by molar-refractivity contribution is -0.132. The number of nitrogens with one attached hydrogen (secondary N) is 1. The number of carboxylic acid groups (broad SMARTS) is 1. The van der Waals surface area contributed by atoms with E-state index >= 15 is 0 Å². The normalized spacial score (nSPS) is 14.7. The lowest BCUT2D eigenvalue weighted by Gasteiger charge is -2.29. The number of hydrogen-bond acceptors (Lipinski definition) is 3. The van der Waals surface area contributed by atoms with E-state index < -0.39 is 5.97 Å². The Morgan fingerprint density at radius 3 is 2.50 bits per heavy atom. The number of rotatable bonds is 4. The highest BCUT2D eigenvalue weighted by molar-refractivity contribution is 5.93. The van der Waals surface area contributed by atoms with Gasteiger partial charge in [0.05, 0.1) is 11.3 Å². The lowest BCUT2D eigenvalue weighted by atomic mass is 10.1. The molecule has 0 saturated heterocycles. The van der Waals surface area contributed by atoms with E-state index in [2.05, 4.69) is 19.3 Å². The van der Waals surface area contributed by atoms with Crippen molar-refractivity contribution in [3.05, 3.63) is 53.2 Å². The molecule has 106 valence electrons. The quantitative estimate of drug-likeness (QED) is 0.885. The van der Waals surface area contributed by atoms with Gasteiger partial charge in [0.15, 0.2) is 0 Å². The minimum absolute atomic E-state index is 0.292.